The Balaban J connectivity index is 1.43. The summed E-state index contributed by atoms with van der Waals surface area (Å²) >= 11 is 6.17. The maximum atomic E-state index is 12.7. The minimum Gasteiger partial charge on any atom is -0.345 e. The Bertz CT molecular complexity index is 1250. The molecule has 1 aromatic heterocycles. The molecule has 31 heavy (non-hydrogen) atoms. The van der Waals surface area contributed by atoms with Gasteiger partial charge in [0.25, 0.3) is 5.56 Å². The second-order valence-corrected chi connectivity index (χ2v) is 7.79. The monoisotopic (exact) mass is 431 g/mol. The van der Waals surface area contributed by atoms with E-state index < -0.39 is 0 Å². The van der Waals surface area contributed by atoms with Crippen LogP contribution in [0, 0.1) is 0 Å². The lowest BCUT2D eigenvalue weighted by Gasteiger charge is -2.20. The third-order valence-electron chi connectivity index (χ3n) is 5.10. The van der Waals surface area contributed by atoms with E-state index in [0.29, 0.717) is 41.0 Å². The topological polar surface area (TPSA) is 74.8 Å². The highest BCUT2D eigenvalue weighted by Crippen LogP contribution is 2.24. The zero-order chi connectivity index (χ0) is 21.6. The highest BCUT2D eigenvalue weighted by Gasteiger charge is 2.17. The van der Waals surface area contributed by atoms with Gasteiger partial charge in [-0.2, -0.15) is 0 Å². The van der Waals surface area contributed by atoms with E-state index in [-0.39, 0.29) is 17.5 Å². The van der Waals surface area contributed by atoms with E-state index in [2.05, 4.69) is 15.3 Å². The summed E-state index contributed by atoms with van der Waals surface area (Å²) in [4.78, 5) is 32.2. The molecule has 6 heteroatoms. The van der Waals surface area contributed by atoms with Crippen molar-refractivity contribution in [3.8, 4) is 0 Å². The van der Waals surface area contributed by atoms with E-state index in [1.807, 2.05) is 72.8 Å². The Kier molecular flexibility index (Phi) is 6.43. The number of aromatic amines is 1. The van der Waals surface area contributed by atoms with Gasteiger partial charge in [0.1, 0.15) is 5.82 Å². The summed E-state index contributed by atoms with van der Waals surface area (Å²) < 4.78 is 0. The quantitative estimate of drug-likeness (QED) is 0.441. The highest BCUT2D eigenvalue weighted by atomic mass is 35.5. The first-order valence-electron chi connectivity index (χ1n) is 10.2. The van der Waals surface area contributed by atoms with Crippen LogP contribution in [0.15, 0.2) is 83.7 Å². The molecule has 0 spiro atoms. The Morgan fingerprint density at radius 2 is 1.71 bits per heavy atom. The summed E-state index contributed by atoms with van der Waals surface area (Å²) in [5.74, 6) is 0.517. The number of H-pyrrole nitrogens is 1. The van der Waals surface area contributed by atoms with Crippen LogP contribution in [-0.2, 0) is 11.2 Å². The number of nitrogens with zero attached hydrogens (tertiary/aromatic N) is 1. The van der Waals surface area contributed by atoms with Gasteiger partial charge < -0.3 is 10.3 Å². The van der Waals surface area contributed by atoms with Gasteiger partial charge in [-0.15, -0.1) is 0 Å². The van der Waals surface area contributed by atoms with Crippen LogP contribution >= 0.6 is 11.6 Å². The number of halogens is 1. The van der Waals surface area contributed by atoms with Gasteiger partial charge in [0.05, 0.1) is 16.9 Å². The Morgan fingerprint density at radius 1 is 0.968 bits per heavy atom. The van der Waals surface area contributed by atoms with Crippen molar-refractivity contribution in [3.63, 3.8) is 0 Å². The standard InChI is InChI=1S/C25H22ClN3O2/c26-19-11-6-10-18(16-19)24(17-8-2-1-3-9-17)29-23(30)15-7-14-22-27-21-13-5-4-12-20(21)25(31)28-22/h1-6,8-13,16,24H,7,14-15H2,(H,29,30)(H,27,28,31). The molecule has 4 aromatic rings. The minimum absolute atomic E-state index is 0.0723. The van der Waals surface area contributed by atoms with Crippen molar-refractivity contribution in [2.45, 2.75) is 25.3 Å². The first-order valence-corrected chi connectivity index (χ1v) is 10.6. The van der Waals surface area contributed by atoms with E-state index in [1.165, 1.54) is 0 Å². The van der Waals surface area contributed by atoms with Crippen LogP contribution in [0.1, 0.15) is 35.8 Å². The van der Waals surface area contributed by atoms with Gasteiger partial charge >= 0.3 is 0 Å². The van der Waals surface area contributed by atoms with E-state index in [4.69, 9.17) is 11.6 Å². The molecule has 0 aliphatic heterocycles. The number of aromatic nitrogens is 2. The fourth-order valence-electron chi connectivity index (χ4n) is 3.59. The molecule has 0 saturated heterocycles. The normalized spacial score (nSPS) is 11.9. The van der Waals surface area contributed by atoms with Crippen molar-refractivity contribution in [1.29, 1.82) is 0 Å². The van der Waals surface area contributed by atoms with Gasteiger partial charge in [0, 0.05) is 17.9 Å². The summed E-state index contributed by atoms with van der Waals surface area (Å²) in [7, 11) is 0. The number of para-hydroxylation sites is 1. The van der Waals surface area contributed by atoms with Crippen LogP contribution in [0.25, 0.3) is 10.9 Å². The molecule has 156 valence electrons. The first-order chi connectivity index (χ1) is 15.1. The maximum Gasteiger partial charge on any atom is 0.258 e. The van der Waals surface area contributed by atoms with Gasteiger partial charge in [0.2, 0.25) is 5.91 Å². The Hall–Kier alpha value is -3.44. The average Bonchev–Trinajstić information content (AvgIpc) is 2.78. The third kappa shape index (κ3) is 5.19. The molecule has 0 aliphatic carbocycles. The predicted molar refractivity (Wildman–Crippen MR) is 123 cm³/mol. The molecule has 1 unspecified atom stereocenters. The molecule has 5 nitrogen and oxygen atoms in total. The lowest BCUT2D eigenvalue weighted by molar-refractivity contribution is -0.121. The fraction of sp³-hybridized carbons (Fsp3) is 0.160. The molecule has 2 N–H and O–H groups in total. The molecule has 0 bridgehead atoms. The van der Waals surface area contributed by atoms with Gasteiger partial charge in [-0.25, -0.2) is 4.98 Å². The number of nitrogens with one attached hydrogen (secondary N) is 2. The molecule has 1 amide bonds. The van der Waals surface area contributed by atoms with Crippen molar-refractivity contribution >= 4 is 28.4 Å². The van der Waals surface area contributed by atoms with E-state index in [1.54, 1.807) is 6.07 Å². The largest absolute Gasteiger partial charge is 0.345 e. The molecular formula is C25H22ClN3O2. The number of hydrogen-bond acceptors (Lipinski definition) is 3. The van der Waals surface area contributed by atoms with Crippen LogP contribution < -0.4 is 10.9 Å². The molecule has 1 atom stereocenters. The summed E-state index contributed by atoms with van der Waals surface area (Å²) in [6.07, 6.45) is 1.41. The van der Waals surface area contributed by atoms with Crippen LogP contribution in [-0.4, -0.2) is 15.9 Å². The summed E-state index contributed by atoms with van der Waals surface area (Å²) in [6.45, 7) is 0. The summed E-state index contributed by atoms with van der Waals surface area (Å²) in [6, 6.07) is 24.2. The van der Waals surface area contributed by atoms with Gasteiger partial charge in [0.15, 0.2) is 0 Å². The molecule has 0 fully saturated rings. The number of amides is 1. The summed E-state index contributed by atoms with van der Waals surface area (Å²) in [5, 5.41) is 4.30. The molecule has 0 saturated carbocycles. The number of carbonyl (C=O) groups is 1. The number of aryl methyl sites for hydroxylation is 1. The molecular weight excluding hydrogens is 410 g/mol. The van der Waals surface area contributed by atoms with Crippen LogP contribution in [0.3, 0.4) is 0 Å². The first kappa shape index (κ1) is 20.8. The van der Waals surface area contributed by atoms with Crippen molar-refractivity contribution < 1.29 is 4.79 Å². The van der Waals surface area contributed by atoms with Crippen molar-refractivity contribution in [1.82, 2.24) is 15.3 Å². The SMILES string of the molecule is O=C(CCCc1nc2ccccc2c(=O)[nH]1)NC(c1ccccc1)c1cccc(Cl)c1. The van der Waals surface area contributed by atoms with Gasteiger partial charge in [-0.1, -0.05) is 66.2 Å². The van der Waals surface area contributed by atoms with Crippen LogP contribution in [0.4, 0.5) is 0 Å². The molecule has 1 heterocycles. The van der Waals surface area contributed by atoms with E-state index in [9.17, 15) is 9.59 Å². The minimum atomic E-state index is -0.286. The van der Waals surface area contributed by atoms with E-state index in [0.717, 1.165) is 11.1 Å². The smallest absolute Gasteiger partial charge is 0.258 e. The third-order valence-corrected chi connectivity index (χ3v) is 5.33. The number of fused-ring (bicyclic) bond motifs is 1. The molecule has 0 aliphatic rings. The Morgan fingerprint density at radius 3 is 2.52 bits per heavy atom. The number of benzene rings is 3. The number of carbonyl (C=O) groups excluding carboxylic acids is 1. The summed E-state index contributed by atoms with van der Waals surface area (Å²) in [5.41, 5.74) is 2.41. The van der Waals surface area contributed by atoms with Crippen molar-refractivity contribution in [3.05, 3.63) is 111 Å². The molecule has 0 radical (unpaired) electrons. The fourth-order valence-corrected chi connectivity index (χ4v) is 3.79. The highest BCUT2D eigenvalue weighted by molar-refractivity contribution is 6.30. The number of hydrogen-bond donors (Lipinski definition) is 2. The lowest BCUT2D eigenvalue weighted by atomic mass is 9.98. The maximum absolute atomic E-state index is 12.7. The van der Waals surface area contributed by atoms with Crippen molar-refractivity contribution in [2.75, 3.05) is 0 Å². The molecule has 3 aromatic carbocycles. The van der Waals surface area contributed by atoms with E-state index >= 15 is 0 Å². The zero-order valence-electron chi connectivity index (χ0n) is 16.8. The Labute approximate surface area is 185 Å². The average molecular weight is 432 g/mol. The van der Waals surface area contributed by atoms with Gasteiger partial charge in [-0.05, 0) is 41.8 Å². The lowest BCUT2D eigenvalue weighted by Crippen LogP contribution is -2.29. The zero-order valence-corrected chi connectivity index (χ0v) is 17.6. The predicted octanol–water partition coefficient (Wildman–Crippen LogP) is 4.81. The van der Waals surface area contributed by atoms with Crippen molar-refractivity contribution in [2.24, 2.45) is 0 Å². The second kappa shape index (κ2) is 9.58. The van der Waals surface area contributed by atoms with Crippen LogP contribution in [0.2, 0.25) is 5.02 Å². The second-order valence-electron chi connectivity index (χ2n) is 7.35. The molecule has 4 rings (SSSR count). The van der Waals surface area contributed by atoms with Crippen LogP contribution in [0.5, 0.6) is 0 Å². The van der Waals surface area contributed by atoms with Gasteiger partial charge in [-0.3, -0.25) is 9.59 Å². The number of rotatable bonds is 7.